The number of nitrogens with one attached hydrogen (secondary N) is 1. The highest BCUT2D eigenvalue weighted by Crippen LogP contribution is 2.30. The minimum absolute atomic E-state index is 0.0384. The third-order valence-electron chi connectivity index (χ3n) is 4.85. The average Bonchev–Trinajstić information content (AvgIpc) is 2.68. The Morgan fingerprint density at radius 3 is 2.82 bits per heavy atom. The first-order chi connectivity index (χ1) is 13.4. The van der Waals surface area contributed by atoms with E-state index in [2.05, 4.69) is 10.3 Å². The zero-order valence-corrected chi connectivity index (χ0v) is 16.6. The predicted molar refractivity (Wildman–Crippen MR) is 107 cm³/mol. The maximum atomic E-state index is 12.9. The van der Waals surface area contributed by atoms with Crippen molar-refractivity contribution in [1.29, 1.82) is 0 Å². The molecular formula is C19H24N4O4S. The van der Waals surface area contributed by atoms with Crippen molar-refractivity contribution in [3.05, 3.63) is 58.4 Å². The van der Waals surface area contributed by atoms with Crippen molar-refractivity contribution in [2.24, 2.45) is 5.92 Å². The SMILES string of the molecule is C[C@@H]1CCCN(S(=O)(=O)c2ccc(NCCc3ccccn3)c([N+](=O)[O-])c2)C1. The number of nitro benzene ring substituents is 1. The molecule has 0 aliphatic carbocycles. The van der Waals surface area contributed by atoms with E-state index < -0.39 is 14.9 Å². The maximum absolute atomic E-state index is 12.9. The first kappa shape index (κ1) is 20.2. The van der Waals surface area contributed by atoms with Crippen LogP contribution in [0, 0.1) is 16.0 Å². The van der Waals surface area contributed by atoms with Crippen LogP contribution in [0.2, 0.25) is 0 Å². The van der Waals surface area contributed by atoms with Crippen molar-refractivity contribution < 1.29 is 13.3 Å². The lowest BCUT2D eigenvalue weighted by molar-refractivity contribution is -0.384. The lowest BCUT2D eigenvalue weighted by atomic mass is 10.0. The number of nitrogens with zero attached hydrogens (tertiary/aromatic N) is 3. The Labute approximate surface area is 164 Å². The molecule has 1 atom stereocenters. The van der Waals surface area contributed by atoms with Gasteiger partial charge in [0.05, 0.1) is 9.82 Å². The Morgan fingerprint density at radius 1 is 1.32 bits per heavy atom. The fourth-order valence-electron chi connectivity index (χ4n) is 3.36. The van der Waals surface area contributed by atoms with E-state index in [1.54, 1.807) is 6.20 Å². The zero-order valence-electron chi connectivity index (χ0n) is 15.7. The molecule has 1 aliphatic heterocycles. The van der Waals surface area contributed by atoms with Gasteiger partial charge in [-0.3, -0.25) is 15.1 Å². The van der Waals surface area contributed by atoms with Crippen LogP contribution in [0.3, 0.4) is 0 Å². The van der Waals surface area contributed by atoms with Gasteiger partial charge in [0.25, 0.3) is 5.69 Å². The summed E-state index contributed by atoms with van der Waals surface area (Å²) < 4.78 is 27.2. The van der Waals surface area contributed by atoms with Gasteiger partial charge in [-0.1, -0.05) is 13.0 Å². The molecule has 1 aromatic carbocycles. The summed E-state index contributed by atoms with van der Waals surface area (Å²) in [5, 5.41) is 14.5. The van der Waals surface area contributed by atoms with E-state index in [4.69, 9.17) is 0 Å². The number of hydrogen-bond donors (Lipinski definition) is 1. The minimum Gasteiger partial charge on any atom is -0.379 e. The lowest BCUT2D eigenvalue weighted by Gasteiger charge is -2.30. The molecular weight excluding hydrogens is 380 g/mol. The monoisotopic (exact) mass is 404 g/mol. The van der Waals surface area contributed by atoms with Gasteiger partial charge in [0.1, 0.15) is 5.69 Å². The molecule has 3 rings (SSSR count). The van der Waals surface area contributed by atoms with Gasteiger partial charge in [0.15, 0.2) is 0 Å². The molecule has 8 nitrogen and oxygen atoms in total. The molecule has 1 fully saturated rings. The summed E-state index contributed by atoms with van der Waals surface area (Å²) in [5.41, 5.74) is 0.926. The number of rotatable bonds is 7. The fourth-order valence-corrected chi connectivity index (χ4v) is 4.98. The molecule has 9 heteroatoms. The summed E-state index contributed by atoms with van der Waals surface area (Å²) >= 11 is 0. The fraction of sp³-hybridized carbons (Fsp3) is 0.421. The van der Waals surface area contributed by atoms with Gasteiger partial charge in [0, 0.05) is 44.0 Å². The van der Waals surface area contributed by atoms with E-state index >= 15 is 0 Å². The second-order valence-electron chi connectivity index (χ2n) is 7.04. The first-order valence-corrected chi connectivity index (χ1v) is 10.7. The molecule has 1 aromatic heterocycles. The van der Waals surface area contributed by atoms with E-state index in [1.807, 2.05) is 25.1 Å². The predicted octanol–water partition coefficient (Wildman–Crippen LogP) is 3.07. The zero-order chi connectivity index (χ0) is 20.1. The summed E-state index contributed by atoms with van der Waals surface area (Å²) in [6.45, 7) is 3.36. The first-order valence-electron chi connectivity index (χ1n) is 9.30. The van der Waals surface area contributed by atoms with E-state index in [0.717, 1.165) is 24.6 Å². The number of sulfonamides is 1. The highest BCUT2D eigenvalue weighted by atomic mass is 32.2. The highest BCUT2D eigenvalue weighted by molar-refractivity contribution is 7.89. The van der Waals surface area contributed by atoms with Crippen LogP contribution in [-0.4, -0.2) is 42.3 Å². The van der Waals surface area contributed by atoms with Crippen molar-refractivity contribution in [1.82, 2.24) is 9.29 Å². The number of aromatic nitrogens is 1. The third-order valence-corrected chi connectivity index (χ3v) is 6.71. The standard InChI is InChI=1S/C19H24N4O4S/c1-15-5-4-12-22(14-15)28(26,27)17-7-8-18(19(13-17)23(24)25)21-11-9-16-6-2-3-10-20-16/h2-3,6-8,10,13,15,21H,4-5,9,11-12,14H2,1H3/t15-/m1/s1. The Bertz CT molecular complexity index is 934. The molecule has 28 heavy (non-hydrogen) atoms. The molecule has 0 unspecified atom stereocenters. The van der Waals surface area contributed by atoms with Crippen LogP contribution in [-0.2, 0) is 16.4 Å². The quantitative estimate of drug-likeness (QED) is 0.562. The van der Waals surface area contributed by atoms with E-state index in [1.165, 1.54) is 16.4 Å². The van der Waals surface area contributed by atoms with Crippen LogP contribution in [0.25, 0.3) is 0 Å². The van der Waals surface area contributed by atoms with Gasteiger partial charge in [-0.2, -0.15) is 4.31 Å². The number of piperidine rings is 1. The summed E-state index contributed by atoms with van der Waals surface area (Å²) in [6.07, 6.45) is 4.09. The van der Waals surface area contributed by atoms with Crippen molar-refractivity contribution in [2.45, 2.75) is 31.1 Å². The molecule has 0 amide bonds. The molecule has 2 aromatic rings. The molecule has 150 valence electrons. The van der Waals surface area contributed by atoms with Crippen LogP contribution >= 0.6 is 0 Å². The molecule has 0 radical (unpaired) electrons. The van der Waals surface area contributed by atoms with Crippen LogP contribution in [0.15, 0.2) is 47.5 Å². The average molecular weight is 404 g/mol. The minimum atomic E-state index is -3.74. The molecule has 1 aliphatic rings. The van der Waals surface area contributed by atoms with Crippen molar-refractivity contribution in [3.63, 3.8) is 0 Å². The Balaban J connectivity index is 1.77. The molecule has 0 spiro atoms. The topological polar surface area (TPSA) is 105 Å². The number of anilines is 1. The second kappa shape index (κ2) is 8.66. The number of nitro groups is 1. The highest BCUT2D eigenvalue weighted by Gasteiger charge is 2.30. The smallest absolute Gasteiger partial charge is 0.293 e. The van der Waals surface area contributed by atoms with Crippen molar-refractivity contribution >= 4 is 21.4 Å². The normalized spacial score (nSPS) is 18.0. The van der Waals surface area contributed by atoms with E-state index in [-0.39, 0.29) is 16.5 Å². The maximum Gasteiger partial charge on any atom is 0.293 e. The van der Waals surface area contributed by atoms with Crippen molar-refractivity contribution in [2.75, 3.05) is 25.0 Å². The number of benzene rings is 1. The Morgan fingerprint density at radius 2 is 2.14 bits per heavy atom. The molecule has 1 N–H and O–H groups in total. The van der Waals surface area contributed by atoms with Gasteiger partial charge in [-0.05, 0) is 43.0 Å². The van der Waals surface area contributed by atoms with Crippen LogP contribution in [0.5, 0.6) is 0 Å². The van der Waals surface area contributed by atoms with Gasteiger partial charge >= 0.3 is 0 Å². The summed E-state index contributed by atoms with van der Waals surface area (Å²) in [5.74, 6) is 0.283. The largest absolute Gasteiger partial charge is 0.379 e. The Hall–Kier alpha value is -2.52. The molecule has 0 saturated carbocycles. The van der Waals surface area contributed by atoms with Gasteiger partial charge in [-0.15, -0.1) is 0 Å². The number of pyridine rings is 1. The molecule has 2 heterocycles. The summed E-state index contributed by atoms with van der Waals surface area (Å²) in [4.78, 5) is 15.1. The van der Waals surface area contributed by atoms with Gasteiger partial charge < -0.3 is 5.32 Å². The van der Waals surface area contributed by atoms with Crippen LogP contribution in [0.4, 0.5) is 11.4 Å². The lowest BCUT2D eigenvalue weighted by Crippen LogP contribution is -2.39. The summed E-state index contributed by atoms with van der Waals surface area (Å²) in [7, 11) is -3.74. The third kappa shape index (κ3) is 4.66. The second-order valence-corrected chi connectivity index (χ2v) is 8.98. The van der Waals surface area contributed by atoms with Crippen molar-refractivity contribution in [3.8, 4) is 0 Å². The molecule has 0 bridgehead atoms. The van der Waals surface area contributed by atoms with Crippen LogP contribution < -0.4 is 5.32 Å². The van der Waals surface area contributed by atoms with E-state index in [9.17, 15) is 18.5 Å². The van der Waals surface area contributed by atoms with Gasteiger partial charge in [0.2, 0.25) is 10.0 Å². The molecule has 1 saturated heterocycles. The summed E-state index contributed by atoms with van der Waals surface area (Å²) in [6, 6.07) is 9.64. The van der Waals surface area contributed by atoms with Crippen LogP contribution in [0.1, 0.15) is 25.5 Å². The number of hydrogen-bond acceptors (Lipinski definition) is 6. The Kier molecular flexibility index (Phi) is 6.25. The van der Waals surface area contributed by atoms with Gasteiger partial charge in [-0.25, -0.2) is 8.42 Å². The van der Waals surface area contributed by atoms with E-state index in [0.29, 0.717) is 31.7 Å².